The molecule has 1 fully saturated rings. The number of nitrogens with one attached hydrogen (secondary N) is 1. The van der Waals surface area contributed by atoms with Crippen molar-refractivity contribution in [1.29, 1.82) is 0 Å². The van der Waals surface area contributed by atoms with Crippen LogP contribution in [0.1, 0.15) is 23.7 Å². The van der Waals surface area contributed by atoms with Crippen molar-refractivity contribution in [3.8, 4) is 16.3 Å². The molecule has 0 radical (unpaired) electrons. The number of carbonyl (C=O) groups is 1. The quantitative estimate of drug-likeness (QED) is 0.577. The average Bonchev–Trinajstić information content (AvgIpc) is 3.27. The molecule has 6 nitrogen and oxygen atoms in total. The fourth-order valence-corrected chi connectivity index (χ4v) is 4.30. The Morgan fingerprint density at radius 1 is 1.23 bits per heavy atom. The van der Waals surface area contributed by atoms with Gasteiger partial charge in [0, 0.05) is 29.2 Å². The van der Waals surface area contributed by atoms with E-state index in [9.17, 15) is 9.59 Å². The third-order valence-electron chi connectivity index (χ3n) is 4.89. The summed E-state index contributed by atoms with van der Waals surface area (Å²) in [6.45, 7) is 2.30. The highest BCUT2D eigenvalue weighted by Crippen LogP contribution is 2.24. The molecular formula is C22H23N3O3S2. The molecule has 0 aliphatic carbocycles. The summed E-state index contributed by atoms with van der Waals surface area (Å²) >= 11 is 3.44. The Hall–Kier alpha value is -2.58. The molecule has 1 aliphatic rings. The summed E-state index contributed by atoms with van der Waals surface area (Å²) in [4.78, 5) is 26.0. The van der Waals surface area contributed by atoms with Crippen LogP contribution in [0.4, 0.5) is 0 Å². The van der Waals surface area contributed by atoms with Crippen LogP contribution in [0.5, 0.6) is 5.75 Å². The lowest BCUT2D eigenvalue weighted by Gasteiger charge is -2.25. The molecule has 8 heteroatoms. The van der Waals surface area contributed by atoms with Gasteiger partial charge in [-0.05, 0) is 48.2 Å². The lowest BCUT2D eigenvalue weighted by atomic mass is 10.1. The van der Waals surface area contributed by atoms with E-state index in [1.165, 1.54) is 10.7 Å². The van der Waals surface area contributed by atoms with Crippen molar-refractivity contribution in [2.24, 2.45) is 0 Å². The second-order valence-corrected chi connectivity index (χ2v) is 9.12. The van der Waals surface area contributed by atoms with E-state index in [-0.39, 0.29) is 23.6 Å². The highest BCUT2D eigenvalue weighted by atomic mass is 32.2. The molecule has 1 amide bonds. The molecule has 1 N–H and O–H groups in total. The molecule has 3 heterocycles. The van der Waals surface area contributed by atoms with E-state index in [1.54, 1.807) is 29.5 Å². The Labute approximate surface area is 183 Å². The number of ether oxygens (including phenoxy) is 1. The Balaban J connectivity index is 1.41. The van der Waals surface area contributed by atoms with Crippen molar-refractivity contribution in [3.63, 3.8) is 0 Å². The third kappa shape index (κ3) is 4.94. The summed E-state index contributed by atoms with van der Waals surface area (Å²) in [6, 6.07) is 14.2. The summed E-state index contributed by atoms with van der Waals surface area (Å²) in [6.07, 6.45) is 0.957. The summed E-state index contributed by atoms with van der Waals surface area (Å²) in [5.74, 6) is 2.64. The molecule has 4 rings (SSSR count). The fraction of sp³-hybridized carbons (Fsp3) is 0.318. The molecule has 0 saturated carbocycles. The van der Waals surface area contributed by atoms with Gasteiger partial charge in [0.25, 0.3) is 11.5 Å². The van der Waals surface area contributed by atoms with Crippen LogP contribution in [0.3, 0.4) is 0 Å². The maximum absolute atomic E-state index is 12.7. The Morgan fingerprint density at radius 3 is 2.67 bits per heavy atom. The number of hydrogen-bond acceptors (Lipinski definition) is 6. The van der Waals surface area contributed by atoms with Crippen LogP contribution in [0.25, 0.3) is 10.6 Å². The van der Waals surface area contributed by atoms with Crippen LogP contribution in [-0.4, -0.2) is 39.3 Å². The van der Waals surface area contributed by atoms with Gasteiger partial charge in [-0.3, -0.25) is 9.59 Å². The van der Waals surface area contributed by atoms with E-state index in [0.717, 1.165) is 27.8 Å². The molecule has 0 unspecified atom stereocenters. The Kier molecular flexibility index (Phi) is 6.54. The van der Waals surface area contributed by atoms with Gasteiger partial charge in [-0.25, -0.2) is 4.68 Å². The van der Waals surface area contributed by atoms with E-state index < -0.39 is 0 Å². The first kappa shape index (κ1) is 20.7. The van der Waals surface area contributed by atoms with Crippen molar-refractivity contribution in [2.45, 2.75) is 32.0 Å². The van der Waals surface area contributed by atoms with Crippen molar-refractivity contribution in [3.05, 3.63) is 69.8 Å². The number of benzene rings is 1. The SMILES string of the molecule is CC[C@@H](Cn1nc(-c2cccs2)ccc1=O)NC(=O)c1ccc(OC2CSC2)cc1. The molecule has 0 spiro atoms. The predicted molar refractivity (Wildman–Crippen MR) is 122 cm³/mol. The third-order valence-corrected chi connectivity index (χ3v) is 7.00. The number of aromatic nitrogens is 2. The molecule has 2 aromatic heterocycles. The van der Waals surface area contributed by atoms with Crippen LogP contribution in [0, 0.1) is 0 Å². The topological polar surface area (TPSA) is 73.2 Å². The smallest absolute Gasteiger partial charge is 0.266 e. The van der Waals surface area contributed by atoms with Gasteiger partial charge in [0.1, 0.15) is 17.5 Å². The van der Waals surface area contributed by atoms with E-state index in [1.807, 2.05) is 48.3 Å². The Bertz CT molecular complexity index is 1040. The first-order valence-electron chi connectivity index (χ1n) is 9.89. The standard InChI is InChI=1S/C22H23N3O3S2/c1-2-16(12-25-21(26)10-9-19(24-25)20-4-3-11-30-20)23-22(27)15-5-7-17(8-6-15)28-18-13-29-14-18/h3-11,16,18H,2,12-14H2,1H3,(H,23,27)/t16-/m0/s1. The van der Waals surface area contributed by atoms with Crippen LogP contribution in [0.2, 0.25) is 0 Å². The van der Waals surface area contributed by atoms with Gasteiger partial charge in [-0.2, -0.15) is 16.9 Å². The normalized spacial score (nSPS) is 14.7. The Morgan fingerprint density at radius 2 is 2.03 bits per heavy atom. The van der Waals surface area contributed by atoms with Gasteiger partial charge in [-0.15, -0.1) is 11.3 Å². The van der Waals surface area contributed by atoms with Crippen molar-refractivity contribution >= 4 is 29.0 Å². The molecule has 1 atom stereocenters. The van der Waals surface area contributed by atoms with E-state index >= 15 is 0 Å². The number of thioether (sulfide) groups is 1. The highest BCUT2D eigenvalue weighted by Gasteiger charge is 2.20. The maximum Gasteiger partial charge on any atom is 0.266 e. The number of hydrogen-bond donors (Lipinski definition) is 1. The lowest BCUT2D eigenvalue weighted by Crippen LogP contribution is -2.40. The number of amides is 1. The van der Waals surface area contributed by atoms with Gasteiger partial charge in [0.05, 0.1) is 11.4 Å². The van der Waals surface area contributed by atoms with Crippen molar-refractivity contribution in [2.75, 3.05) is 11.5 Å². The van der Waals surface area contributed by atoms with Crippen molar-refractivity contribution < 1.29 is 9.53 Å². The molecule has 1 saturated heterocycles. The van der Waals surface area contributed by atoms with Crippen molar-refractivity contribution in [1.82, 2.24) is 15.1 Å². The molecule has 30 heavy (non-hydrogen) atoms. The van der Waals surface area contributed by atoms with E-state index in [2.05, 4.69) is 10.4 Å². The van der Waals surface area contributed by atoms with E-state index in [4.69, 9.17) is 4.74 Å². The minimum atomic E-state index is -0.204. The van der Waals surface area contributed by atoms with Crippen LogP contribution in [0.15, 0.2) is 58.7 Å². The number of carbonyl (C=O) groups excluding carboxylic acids is 1. The molecule has 0 bridgehead atoms. The summed E-state index contributed by atoms with van der Waals surface area (Å²) in [5.41, 5.74) is 1.14. The van der Waals surface area contributed by atoms with Gasteiger partial charge in [0.2, 0.25) is 0 Å². The second kappa shape index (κ2) is 9.49. The zero-order valence-corrected chi connectivity index (χ0v) is 18.2. The second-order valence-electron chi connectivity index (χ2n) is 7.10. The van der Waals surface area contributed by atoms with Crippen LogP contribution < -0.4 is 15.6 Å². The summed E-state index contributed by atoms with van der Waals surface area (Å²) in [5, 5.41) is 9.47. The molecular weight excluding hydrogens is 418 g/mol. The molecule has 1 aliphatic heterocycles. The maximum atomic E-state index is 12.7. The number of nitrogens with zero attached hydrogens (tertiary/aromatic N) is 2. The average molecular weight is 442 g/mol. The molecule has 3 aromatic rings. The zero-order chi connectivity index (χ0) is 20.9. The van der Waals surface area contributed by atoms with Crippen LogP contribution in [-0.2, 0) is 6.54 Å². The van der Waals surface area contributed by atoms with Gasteiger partial charge in [-0.1, -0.05) is 13.0 Å². The van der Waals surface area contributed by atoms with Crippen LogP contribution >= 0.6 is 23.1 Å². The number of rotatable bonds is 8. The largest absolute Gasteiger partial charge is 0.489 e. The summed E-state index contributed by atoms with van der Waals surface area (Å²) < 4.78 is 7.25. The monoisotopic (exact) mass is 441 g/mol. The highest BCUT2D eigenvalue weighted by molar-refractivity contribution is 8.00. The van der Waals surface area contributed by atoms with E-state index in [0.29, 0.717) is 18.5 Å². The predicted octanol–water partition coefficient (Wildman–Crippen LogP) is 3.67. The molecule has 156 valence electrons. The van der Waals surface area contributed by atoms with Gasteiger partial charge >= 0.3 is 0 Å². The first-order valence-corrected chi connectivity index (χ1v) is 11.9. The fourth-order valence-electron chi connectivity index (χ4n) is 3.05. The minimum Gasteiger partial charge on any atom is -0.489 e. The first-order chi connectivity index (χ1) is 14.6. The lowest BCUT2D eigenvalue weighted by molar-refractivity contribution is 0.0930. The number of thiophene rings is 1. The van der Waals surface area contributed by atoms with Gasteiger partial charge in [0.15, 0.2) is 0 Å². The zero-order valence-electron chi connectivity index (χ0n) is 16.6. The van der Waals surface area contributed by atoms with Gasteiger partial charge < -0.3 is 10.1 Å². The molecule has 1 aromatic carbocycles. The minimum absolute atomic E-state index is 0.171. The summed E-state index contributed by atoms with van der Waals surface area (Å²) in [7, 11) is 0.